The molecule has 3 rings (SSSR count). The highest BCUT2D eigenvalue weighted by Crippen LogP contribution is 2.26. The number of phenols is 1. The van der Waals surface area contributed by atoms with E-state index in [1.165, 1.54) is 23.1 Å². The molecule has 0 aliphatic carbocycles. The second kappa shape index (κ2) is 6.93. The molecule has 1 aliphatic heterocycles. The van der Waals surface area contributed by atoms with Gasteiger partial charge < -0.3 is 15.3 Å². The molecule has 0 bridgehead atoms. The summed E-state index contributed by atoms with van der Waals surface area (Å²) >= 11 is 0. The third-order valence-corrected chi connectivity index (χ3v) is 4.34. The normalized spacial score (nSPS) is 17.0. The van der Waals surface area contributed by atoms with E-state index in [0.717, 1.165) is 11.1 Å². The lowest BCUT2D eigenvalue weighted by atomic mass is 10.1. The number of nitrogens with one attached hydrogen (secondary N) is 1. The molecule has 6 heteroatoms. The van der Waals surface area contributed by atoms with Gasteiger partial charge in [0.05, 0.1) is 5.69 Å². The minimum absolute atomic E-state index is 0.0976. The van der Waals surface area contributed by atoms with Crippen LogP contribution in [0.15, 0.2) is 42.5 Å². The van der Waals surface area contributed by atoms with E-state index in [0.29, 0.717) is 13.0 Å². The van der Waals surface area contributed by atoms with Crippen LogP contribution < -0.4 is 5.32 Å². The largest absolute Gasteiger partial charge is 0.505 e. The lowest BCUT2D eigenvalue weighted by Gasteiger charge is -2.24. The fourth-order valence-corrected chi connectivity index (χ4v) is 2.93. The first kappa shape index (κ1) is 17.0. The van der Waals surface area contributed by atoms with Gasteiger partial charge in [-0.25, -0.2) is 4.39 Å². The third-order valence-electron chi connectivity index (χ3n) is 4.34. The summed E-state index contributed by atoms with van der Waals surface area (Å²) in [5.41, 5.74) is 1.95. The molecule has 0 spiro atoms. The van der Waals surface area contributed by atoms with E-state index < -0.39 is 23.5 Å². The highest BCUT2D eigenvalue weighted by Gasteiger charge is 2.36. The Bertz CT molecular complexity index is 805. The molecule has 130 valence electrons. The number of phenolic OH excluding ortho intramolecular Hbond substituents is 1. The van der Waals surface area contributed by atoms with E-state index in [1.54, 1.807) is 0 Å². The van der Waals surface area contributed by atoms with Crippen molar-refractivity contribution in [3.8, 4) is 5.75 Å². The van der Waals surface area contributed by atoms with Gasteiger partial charge in [-0.15, -0.1) is 0 Å². The topological polar surface area (TPSA) is 69.6 Å². The van der Waals surface area contributed by atoms with E-state index >= 15 is 0 Å². The Balaban J connectivity index is 1.75. The van der Waals surface area contributed by atoms with E-state index in [4.69, 9.17) is 0 Å². The quantitative estimate of drug-likeness (QED) is 0.897. The minimum Gasteiger partial charge on any atom is -0.505 e. The number of nitrogens with zero attached hydrogens (tertiary/aromatic N) is 1. The zero-order chi connectivity index (χ0) is 18.0. The highest BCUT2D eigenvalue weighted by molar-refractivity contribution is 5.99. The molecule has 0 unspecified atom stereocenters. The van der Waals surface area contributed by atoms with Crippen molar-refractivity contribution >= 4 is 17.5 Å². The van der Waals surface area contributed by atoms with Gasteiger partial charge in [0, 0.05) is 13.0 Å². The second-order valence-corrected chi connectivity index (χ2v) is 6.19. The molecule has 2 N–H and O–H groups in total. The van der Waals surface area contributed by atoms with Crippen molar-refractivity contribution in [1.82, 2.24) is 4.90 Å². The van der Waals surface area contributed by atoms with Crippen LogP contribution in [-0.2, 0) is 16.1 Å². The van der Waals surface area contributed by atoms with Crippen LogP contribution in [0.4, 0.5) is 10.1 Å². The predicted molar refractivity (Wildman–Crippen MR) is 91.4 cm³/mol. The number of benzene rings is 2. The number of halogens is 1. The number of aromatic hydroxyl groups is 1. The van der Waals surface area contributed by atoms with Crippen molar-refractivity contribution in [2.75, 3.05) is 5.32 Å². The number of carbonyl (C=O) groups is 2. The first-order chi connectivity index (χ1) is 12.0. The molecule has 25 heavy (non-hydrogen) atoms. The van der Waals surface area contributed by atoms with Crippen molar-refractivity contribution < 1.29 is 19.1 Å². The Kier molecular flexibility index (Phi) is 4.70. The first-order valence-electron chi connectivity index (χ1n) is 8.09. The molecule has 2 aromatic rings. The average molecular weight is 342 g/mol. The first-order valence-corrected chi connectivity index (χ1v) is 8.09. The number of likely N-dealkylation sites (tertiary alicyclic amines) is 1. The SMILES string of the molecule is Cc1ccc(CN2C(=O)CC[C@H]2C(=O)Nc2cccc(O)c2F)cc1. The van der Waals surface area contributed by atoms with Crippen LogP contribution in [-0.4, -0.2) is 27.9 Å². The predicted octanol–water partition coefficient (Wildman–Crippen LogP) is 2.97. The Labute approximate surface area is 145 Å². The van der Waals surface area contributed by atoms with Crippen molar-refractivity contribution in [3.05, 3.63) is 59.4 Å². The van der Waals surface area contributed by atoms with Crippen LogP contribution in [0, 0.1) is 12.7 Å². The molecule has 1 heterocycles. The molecule has 0 radical (unpaired) electrons. The Hall–Kier alpha value is -2.89. The molecule has 0 saturated carbocycles. The summed E-state index contributed by atoms with van der Waals surface area (Å²) in [6.07, 6.45) is 0.670. The van der Waals surface area contributed by atoms with Gasteiger partial charge in [0.25, 0.3) is 0 Å². The molecule has 5 nitrogen and oxygen atoms in total. The van der Waals surface area contributed by atoms with Gasteiger partial charge in [0.2, 0.25) is 11.8 Å². The fourth-order valence-electron chi connectivity index (χ4n) is 2.93. The Morgan fingerprint density at radius 2 is 2.00 bits per heavy atom. The molecule has 2 aromatic carbocycles. The summed E-state index contributed by atoms with van der Waals surface area (Å²) in [7, 11) is 0. The third kappa shape index (κ3) is 3.63. The number of aryl methyl sites for hydroxylation is 1. The maximum absolute atomic E-state index is 13.9. The summed E-state index contributed by atoms with van der Waals surface area (Å²) in [5.74, 6) is -1.97. The summed E-state index contributed by atoms with van der Waals surface area (Å²) in [6, 6.07) is 11.1. The standard InChI is InChI=1S/C19H19FN2O3/c1-12-5-7-13(8-6-12)11-22-15(9-10-17(22)24)19(25)21-14-3-2-4-16(23)18(14)20/h2-8,15,23H,9-11H2,1H3,(H,21,25)/t15-/m0/s1. The zero-order valence-corrected chi connectivity index (χ0v) is 13.8. The average Bonchev–Trinajstić information content (AvgIpc) is 2.95. The smallest absolute Gasteiger partial charge is 0.247 e. The Morgan fingerprint density at radius 1 is 1.28 bits per heavy atom. The molecule has 2 amide bonds. The molecule has 1 saturated heterocycles. The van der Waals surface area contributed by atoms with Crippen molar-refractivity contribution in [2.24, 2.45) is 0 Å². The van der Waals surface area contributed by atoms with E-state index in [2.05, 4.69) is 5.32 Å². The van der Waals surface area contributed by atoms with E-state index in [1.807, 2.05) is 31.2 Å². The minimum atomic E-state index is -0.884. The van der Waals surface area contributed by atoms with Crippen molar-refractivity contribution in [3.63, 3.8) is 0 Å². The van der Waals surface area contributed by atoms with Gasteiger partial charge in [-0.3, -0.25) is 9.59 Å². The van der Waals surface area contributed by atoms with Gasteiger partial charge >= 0.3 is 0 Å². The zero-order valence-electron chi connectivity index (χ0n) is 13.8. The fraction of sp³-hybridized carbons (Fsp3) is 0.263. The van der Waals surface area contributed by atoms with Gasteiger partial charge in [-0.2, -0.15) is 0 Å². The summed E-state index contributed by atoms with van der Waals surface area (Å²) in [5, 5.41) is 11.9. The van der Waals surface area contributed by atoms with Crippen molar-refractivity contribution in [2.45, 2.75) is 32.4 Å². The molecule has 0 aromatic heterocycles. The van der Waals surface area contributed by atoms with Crippen LogP contribution in [0.2, 0.25) is 0 Å². The number of anilines is 1. The molecular weight excluding hydrogens is 323 g/mol. The van der Waals surface area contributed by atoms with Crippen LogP contribution >= 0.6 is 0 Å². The summed E-state index contributed by atoms with van der Waals surface area (Å²) in [4.78, 5) is 26.2. The lowest BCUT2D eigenvalue weighted by molar-refractivity contribution is -0.133. The maximum atomic E-state index is 13.9. The van der Waals surface area contributed by atoms with Gasteiger partial charge in [0.15, 0.2) is 11.6 Å². The number of carbonyl (C=O) groups excluding carboxylic acids is 2. The number of hydrogen-bond donors (Lipinski definition) is 2. The van der Waals surface area contributed by atoms with Crippen molar-refractivity contribution in [1.29, 1.82) is 0 Å². The summed E-state index contributed by atoms with van der Waals surface area (Å²) in [6.45, 7) is 2.31. The van der Waals surface area contributed by atoms with Crippen LogP contribution in [0.5, 0.6) is 5.75 Å². The molecule has 1 aliphatic rings. The second-order valence-electron chi connectivity index (χ2n) is 6.19. The maximum Gasteiger partial charge on any atom is 0.247 e. The van der Waals surface area contributed by atoms with Crippen LogP contribution in [0.1, 0.15) is 24.0 Å². The van der Waals surface area contributed by atoms with E-state index in [9.17, 15) is 19.1 Å². The van der Waals surface area contributed by atoms with Crippen LogP contribution in [0.3, 0.4) is 0 Å². The van der Waals surface area contributed by atoms with E-state index in [-0.39, 0.29) is 18.0 Å². The molecular formula is C19H19FN2O3. The molecule has 1 atom stereocenters. The summed E-state index contributed by atoms with van der Waals surface area (Å²) < 4.78 is 13.9. The number of amides is 2. The van der Waals surface area contributed by atoms with Gasteiger partial charge in [0.1, 0.15) is 6.04 Å². The monoisotopic (exact) mass is 342 g/mol. The number of rotatable bonds is 4. The Morgan fingerprint density at radius 3 is 2.72 bits per heavy atom. The number of hydrogen-bond acceptors (Lipinski definition) is 3. The van der Waals surface area contributed by atoms with Crippen LogP contribution in [0.25, 0.3) is 0 Å². The van der Waals surface area contributed by atoms with Gasteiger partial charge in [-0.05, 0) is 31.0 Å². The van der Waals surface area contributed by atoms with Gasteiger partial charge in [-0.1, -0.05) is 35.9 Å². The molecule has 1 fully saturated rings. The lowest BCUT2D eigenvalue weighted by Crippen LogP contribution is -2.41. The highest BCUT2D eigenvalue weighted by atomic mass is 19.1.